The van der Waals surface area contributed by atoms with Gasteiger partial charge in [0.25, 0.3) is 5.91 Å². The average molecular weight is 363 g/mol. The minimum atomic E-state index is -0.992. The maximum atomic E-state index is 12.6. The third-order valence-corrected chi connectivity index (χ3v) is 3.17. The number of alkyl carbamates (subject to hydrolysis) is 1. The summed E-state index contributed by atoms with van der Waals surface area (Å²) in [6, 6.07) is 5.67. The summed E-state index contributed by atoms with van der Waals surface area (Å²) in [5.74, 6) is -0.470. The number of halogens is 1. The van der Waals surface area contributed by atoms with E-state index in [9.17, 15) is 9.59 Å². The van der Waals surface area contributed by atoms with Crippen LogP contribution < -0.4 is 10.6 Å². The molecule has 25 heavy (non-hydrogen) atoms. The largest absolute Gasteiger partial charge is 0.444 e. The van der Waals surface area contributed by atoms with Crippen molar-refractivity contribution in [2.45, 2.75) is 32.4 Å². The number of ether oxygens (including phenoxy) is 1. The van der Waals surface area contributed by atoms with Crippen LogP contribution in [0.3, 0.4) is 0 Å². The lowest BCUT2D eigenvalue weighted by Crippen LogP contribution is -2.40. The van der Waals surface area contributed by atoms with Crippen LogP contribution in [0.15, 0.2) is 43.0 Å². The number of nitrogens with one attached hydrogen (secondary N) is 2. The Balaban J connectivity index is 2.22. The van der Waals surface area contributed by atoms with E-state index < -0.39 is 23.6 Å². The molecule has 1 aromatic heterocycles. The topological polar surface area (TPSA) is 93.2 Å². The van der Waals surface area contributed by atoms with E-state index in [1.54, 1.807) is 45.0 Å². The first-order valence-electron chi connectivity index (χ1n) is 7.55. The van der Waals surface area contributed by atoms with E-state index in [1.165, 1.54) is 18.7 Å². The fourth-order valence-corrected chi connectivity index (χ4v) is 2.19. The van der Waals surface area contributed by atoms with E-state index >= 15 is 0 Å². The van der Waals surface area contributed by atoms with E-state index in [-0.39, 0.29) is 0 Å². The second kappa shape index (κ2) is 7.94. The highest BCUT2D eigenvalue weighted by atomic mass is 35.5. The second-order valence-corrected chi connectivity index (χ2v) is 6.69. The van der Waals surface area contributed by atoms with E-state index in [2.05, 4.69) is 20.6 Å². The van der Waals surface area contributed by atoms with Gasteiger partial charge in [-0.3, -0.25) is 4.79 Å². The van der Waals surface area contributed by atoms with Gasteiger partial charge < -0.3 is 15.4 Å². The van der Waals surface area contributed by atoms with Crippen LogP contribution in [0, 0.1) is 0 Å². The highest BCUT2D eigenvalue weighted by Crippen LogP contribution is 2.20. The van der Waals surface area contributed by atoms with Crippen molar-refractivity contribution in [2.75, 3.05) is 5.32 Å². The molecule has 0 aliphatic heterocycles. The molecule has 8 heteroatoms. The predicted octanol–water partition coefficient (Wildman–Crippen LogP) is 3.33. The third-order valence-electron chi connectivity index (χ3n) is 2.93. The van der Waals surface area contributed by atoms with E-state index in [0.717, 1.165) is 0 Å². The Labute approximate surface area is 150 Å². The molecule has 0 aliphatic carbocycles. The number of hydrogen-bond acceptors (Lipinski definition) is 5. The van der Waals surface area contributed by atoms with Gasteiger partial charge in [0.05, 0.1) is 18.1 Å². The Bertz CT molecular complexity index is 747. The van der Waals surface area contributed by atoms with Crippen molar-refractivity contribution in [1.29, 1.82) is 0 Å². The molecular formula is C17H19ClN4O3. The van der Waals surface area contributed by atoms with Crippen molar-refractivity contribution in [3.8, 4) is 0 Å². The molecule has 0 bridgehead atoms. The van der Waals surface area contributed by atoms with Gasteiger partial charge in [0.15, 0.2) is 0 Å². The second-order valence-electron chi connectivity index (χ2n) is 6.25. The number of carbonyl (C=O) groups is 2. The minimum absolute atomic E-state index is 0.408. The normalized spacial score (nSPS) is 12.2. The predicted molar refractivity (Wildman–Crippen MR) is 94.2 cm³/mol. The molecule has 0 spiro atoms. The number of hydrogen-bond donors (Lipinski definition) is 2. The summed E-state index contributed by atoms with van der Waals surface area (Å²) in [6.45, 7) is 5.22. The molecule has 0 fully saturated rings. The van der Waals surface area contributed by atoms with Crippen LogP contribution >= 0.6 is 11.6 Å². The molecule has 1 atom stereocenters. The van der Waals surface area contributed by atoms with Crippen molar-refractivity contribution >= 4 is 29.3 Å². The van der Waals surface area contributed by atoms with Crippen molar-refractivity contribution in [2.24, 2.45) is 0 Å². The smallest absolute Gasteiger partial charge is 0.408 e. The van der Waals surface area contributed by atoms with E-state index in [1.807, 2.05) is 0 Å². The zero-order valence-electron chi connectivity index (χ0n) is 14.1. The molecule has 132 valence electrons. The molecule has 1 aromatic carbocycles. The van der Waals surface area contributed by atoms with Gasteiger partial charge in [0.1, 0.15) is 18.0 Å². The first kappa shape index (κ1) is 18.7. The number of anilines is 1. The minimum Gasteiger partial charge on any atom is -0.444 e. The lowest BCUT2D eigenvalue weighted by molar-refractivity contribution is -0.118. The van der Waals surface area contributed by atoms with Crippen LogP contribution in [0.4, 0.5) is 10.5 Å². The first-order chi connectivity index (χ1) is 11.7. The van der Waals surface area contributed by atoms with E-state index in [4.69, 9.17) is 16.3 Å². The van der Waals surface area contributed by atoms with Gasteiger partial charge in [-0.15, -0.1) is 0 Å². The summed E-state index contributed by atoms with van der Waals surface area (Å²) >= 11 is 6.00. The third kappa shape index (κ3) is 6.04. The molecule has 0 saturated carbocycles. The molecule has 7 nitrogen and oxygen atoms in total. The maximum Gasteiger partial charge on any atom is 0.408 e. The van der Waals surface area contributed by atoms with Crippen LogP contribution in [0.2, 0.25) is 5.02 Å². The monoisotopic (exact) mass is 362 g/mol. The van der Waals surface area contributed by atoms with Gasteiger partial charge in [-0.05, 0) is 38.5 Å². The highest BCUT2D eigenvalue weighted by molar-refractivity contribution is 6.30. The van der Waals surface area contributed by atoms with Gasteiger partial charge >= 0.3 is 6.09 Å². The van der Waals surface area contributed by atoms with Crippen LogP contribution in [-0.4, -0.2) is 27.6 Å². The molecule has 2 N–H and O–H groups in total. The standard InChI is InChI=1S/C17H19ClN4O3/c1-17(2,3)25-16(24)22-14(11-5-4-6-12(18)7-11)15(23)21-13-8-19-10-20-9-13/h4-10,14H,1-3H3,(H,21,23)(H,22,24). The molecule has 2 amide bonds. The number of benzene rings is 1. The Kier molecular flexibility index (Phi) is 5.93. The van der Waals surface area contributed by atoms with Crippen molar-refractivity contribution in [1.82, 2.24) is 15.3 Å². The summed E-state index contributed by atoms with van der Waals surface area (Å²) in [4.78, 5) is 32.4. The zero-order chi connectivity index (χ0) is 18.4. The van der Waals surface area contributed by atoms with E-state index in [0.29, 0.717) is 16.3 Å². The van der Waals surface area contributed by atoms with Crippen molar-refractivity contribution < 1.29 is 14.3 Å². The quantitative estimate of drug-likeness (QED) is 0.870. The van der Waals surface area contributed by atoms with Gasteiger partial charge in [0, 0.05) is 5.02 Å². The number of carbonyl (C=O) groups excluding carboxylic acids is 2. The molecule has 1 unspecified atom stereocenters. The molecule has 0 radical (unpaired) electrons. The molecule has 2 aromatic rings. The van der Waals surface area contributed by atoms with Crippen molar-refractivity contribution in [3.63, 3.8) is 0 Å². The molecule has 2 rings (SSSR count). The SMILES string of the molecule is CC(C)(C)OC(=O)NC(C(=O)Nc1cncnc1)c1cccc(Cl)c1. The Morgan fingerprint density at radius 3 is 2.48 bits per heavy atom. The van der Waals surface area contributed by atoms with Gasteiger partial charge in [-0.1, -0.05) is 23.7 Å². The van der Waals surface area contributed by atoms with Crippen LogP contribution in [-0.2, 0) is 9.53 Å². The average Bonchev–Trinajstić information content (AvgIpc) is 2.52. The Hall–Kier alpha value is -2.67. The summed E-state index contributed by atoms with van der Waals surface area (Å²) < 4.78 is 5.23. The molecule has 1 heterocycles. The lowest BCUT2D eigenvalue weighted by Gasteiger charge is -2.23. The van der Waals surface area contributed by atoms with Gasteiger partial charge in [-0.2, -0.15) is 0 Å². The van der Waals surface area contributed by atoms with Gasteiger partial charge in [0.2, 0.25) is 0 Å². The van der Waals surface area contributed by atoms with Crippen LogP contribution in [0.25, 0.3) is 0 Å². The first-order valence-corrected chi connectivity index (χ1v) is 7.93. The highest BCUT2D eigenvalue weighted by Gasteiger charge is 2.26. The van der Waals surface area contributed by atoms with Crippen LogP contribution in [0.1, 0.15) is 32.4 Å². The fourth-order valence-electron chi connectivity index (χ4n) is 1.99. The van der Waals surface area contributed by atoms with Gasteiger partial charge in [-0.25, -0.2) is 14.8 Å². The molecule has 0 saturated heterocycles. The number of rotatable bonds is 4. The lowest BCUT2D eigenvalue weighted by atomic mass is 10.1. The summed E-state index contributed by atoms with van der Waals surface area (Å²) in [5, 5.41) is 5.66. The van der Waals surface area contributed by atoms with Crippen molar-refractivity contribution in [3.05, 3.63) is 53.6 Å². The summed E-state index contributed by atoms with van der Waals surface area (Å²) in [6.07, 6.45) is 3.54. The summed E-state index contributed by atoms with van der Waals surface area (Å²) in [7, 11) is 0. The molecule has 0 aliphatic rings. The van der Waals surface area contributed by atoms with Crippen LogP contribution in [0.5, 0.6) is 0 Å². The number of amides is 2. The fraction of sp³-hybridized carbons (Fsp3) is 0.294. The molecular weight excluding hydrogens is 344 g/mol. The number of aromatic nitrogens is 2. The number of nitrogens with zero attached hydrogens (tertiary/aromatic N) is 2. The Morgan fingerprint density at radius 2 is 1.88 bits per heavy atom. The summed E-state index contributed by atoms with van der Waals surface area (Å²) in [5.41, 5.74) is 0.241. The Morgan fingerprint density at radius 1 is 1.20 bits per heavy atom. The zero-order valence-corrected chi connectivity index (χ0v) is 14.9. The maximum absolute atomic E-state index is 12.6.